The molecule has 0 saturated carbocycles. The summed E-state index contributed by atoms with van der Waals surface area (Å²) < 4.78 is 0. The van der Waals surface area contributed by atoms with Crippen molar-refractivity contribution >= 4 is 23.4 Å². The smallest absolute Gasteiger partial charge is 0.270 e. The molecule has 0 aromatic heterocycles. The Balaban J connectivity index is 1.76. The topological polar surface area (TPSA) is 40.6 Å². The number of hydrogen-bond donors (Lipinski definition) is 0. The summed E-state index contributed by atoms with van der Waals surface area (Å²) in [6.45, 7) is 3.01. The molecule has 2 heterocycles. The van der Waals surface area contributed by atoms with E-state index in [1.54, 1.807) is 0 Å². The van der Waals surface area contributed by atoms with Gasteiger partial charge in [-0.1, -0.05) is 60.1 Å². The van der Waals surface area contributed by atoms with Gasteiger partial charge in [-0.05, 0) is 42.0 Å². The number of benzene rings is 2. The maximum Gasteiger partial charge on any atom is 0.276 e. The average Bonchev–Trinajstić information content (AvgIpc) is 2.85. The third-order valence-electron chi connectivity index (χ3n) is 5.04. The normalized spacial score (nSPS) is 19.3. The molecule has 0 bridgehead atoms. The molecular weight excluding hydrogens is 336 g/mol. The second-order valence-corrected chi connectivity index (χ2v) is 7.18. The first kappa shape index (κ1) is 16.2. The molecule has 0 aliphatic carbocycles. The van der Waals surface area contributed by atoms with Gasteiger partial charge in [0.15, 0.2) is 0 Å². The highest BCUT2D eigenvalue weighted by Gasteiger charge is 2.59. The van der Waals surface area contributed by atoms with Crippen molar-refractivity contribution in [3.05, 3.63) is 59.7 Å². The van der Waals surface area contributed by atoms with Crippen LogP contribution < -0.4 is 0 Å². The lowest BCUT2D eigenvalue weighted by molar-refractivity contribution is -0.150. The summed E-state index contributed by atoms with van der Waals surface area (Å²) in [6, 6.07) is 15.7. The van der Waals surface area contributed by atoms with Crippen molar-refractivity contribution < 1.29 is 9.59 Å². The molecule has 4 rings (SSSR count). The van der Waals surface area contributed by atoms with E-state index in [9.17, 15) is 9.59 Å². The fraction of sp³-hybridized carbons (Fsp3) is 0.300. The molecule has 2 aliphatic heterocycles. The number of hydrogen-bond acceptors (Lipinski definition) is 2. The minimum Gasteiger partial charge on any atom is -0.270 e. The van der Waals surface area contributed by atoms with E-state index >= 15 is 0 Å². The first-order chi connectivity index (χ1) is 12.0. The molecule has 2 amide bonds. The summed E-state index contributed by atoms with van der Waals surface area (Å²) in [5.74, 6) is -0.649. The summed E-state index contributed by atoms with van der Waals surface area (Å²) in [5.41, 5.74) is 3.56. The van der Waals surface area contributed by atoms with Crippen LogP contribution in [0.15, 0.2) is 48.5 Å². The van der Waals surface area contributed by atoms with Crippen molar-refractivity contribution in [1.29, 1.82) is 0 Å². The zero-order valence-corrected chi connectivity index (χ0v) is 14.8. The van der Waals surface area contributed by atoms with Gasteiger partial charge in [-0.3, -0.25) is 9.59 Å². The van der Waals surface area contributed by atoms with Crippen molar-refractivity contribution in [3.63, 3.8) is 0 Å². The third kappa shape index (κ3) is 2.35. The predicted molar refractivity (Wildman–Crippen MR) is 96.8 cm³/mol. The molecule has 2 fully saturated rings. The van der Waals surface area contributed by atoms with E-state index in [2.05, 4.69) is 0 Å². The quantitative estimate of drug-likeness (QED) is 0.612. The van der Waals surface area contributed by atoms with Crippen LogP contribution in [0.5, 0.6) is 0 Å². The Bertz CT molecular complexity index is 826. The van der Waals surface area contributed by atoms with Gasteiger partial charge in [0.2, 0.25) is 4.87 Å². The first-order valence-corrected chi connectivity index (χ1v) is 8.90. The molecule has 128 valence electrons. The number of aryl methyl sites for hydroxylation is 1. The standard InChI is InChI=1S/C20H19ClN2O2/c1-14-13-16(15-7-3-2-4-8-15)9-10-17(14)20(21)18(24)22-11-5-6-12-23(22)19(20)25/h2-4,7-10,13H,5-6,11-12H2,1H3. The summed E-state index contributed by atoms with van der Waals surface area (Å²) >= 11 is 6.69. The Labute approximate surface area is 152 Å². The minimum atomic E-state index is -1.64. The van der Waals surface area contributed by atoms with Crippen LogP contribution in [0.25, 0.3) is 11.1 Å². The molecule has 2 aliphatic rings. The van der Waals surface area contributed by atoms with Crippen molar-refractivity contribution in [2.45, 2.75) is 24.6 Å². The van der Waals surface area contributed by atoms with Crippen LogP contribution in [0, 0.1) is 6.92 Å². The van der Waals surface area contributed by atoms with Gasteiger partial charge in [0.1, 0.15) is 0 Å². The van der Waals surface area contributed by atoms with E-state index in [1.807, 2.05) is 55.5 Å². The molecule has 5 heteroatoms. The van der Waals surface area contributed by atoms with Crippen LogP contribution in [0.1, 0.15) is 24.0 Å². The fourth-order valence-electron chi connectivity index (χ4n) is 3.72. The van der Waals surface area contributed by atoms with Crippen LogP contribution in [-0.2, 0) is 14.5 Å². The monoisotopic (exact) mass is 354 g/mol. The summed E-state index contributed by atoms with van der Waals surface area (Å²) in [5, 5.41) is 3.03. The van der Waals surface area contributed by atoms with Gasteiger partial charge in [-0.25, -0.2) is 10.0 Å². The Morgan fingerprint density at radius 3 is 2.04 bits per heavy atom. The van der Waals surface area contributed by atoms with E-state index in [0.29, 0.717) is 18.7 Å². The van der Waals surface area contributed by atoms with Crippen molar-refractivity contribution in [2.75, 3.05) is 13.1 Å². The summed E-state index contributed by atoms with van der Waals surface area (Å²) in [6.07, 6.45) is 1.79. The second kappa shape index (κ2) is 5.88. The Hall–Kier alpha value is -2.33. The number of amides is 2. The van der Waals surface area contributed by atoms with Gasteiger partial charge in [0.05, 0.1) is 0 Å². The molecular formula is C20H19ClN2O2. The lowest BCUT2D eigenvalue weighted by Crippen LogP contribution is -2.45. The molecule has 2 aromatic rings. The van der Waals surface area contributed by atoms with Gasteiger partial charge >= 0.3 is 0 Å². The highest BCUT2D eigenvalue weighted by Crippen LogP contribution is 2.42. The van der Waals surface area contributed by atoms with Crippen LogP contribution in [0.3, 0.4) is 0 Å². The van der Waals surface area contributed by atoms with Crippen LogP contribution in [0.4, 0.5) is 0 Å². The number of rotatable bonds is 2. The number of hydrazine groups is 1. The average molecular weight is 355 g/mol. The maximum atomic E-state index is 12.9. The van der Waals surface area contributed by atoms with E-state index in [0.717, 1.165) is 29.5 Å². The molecule has 4 nitrogen and oxygen atoms in total. The number of fused-ring (bicyclic) bond motifs is 1. The van der Waals surface area contributed by atoms with Crippen LogP contribution >= 0.6 is 11.6 Å². The number of carbonyl (C=O) groups is 2. The Morgan fingerprint density at radius 1 is 0.880 bits per heavy atom. The van der Waals surface area contributed by atoms with Crippen molar-refractivity contribution in [3.8, 4) is 11.1 Å². The molecule has 0 atom stereocenters. The number of halogens is 1. The molecule has 0 N–H and O–H groups in total. The molecule has 0 radical (unpaired) electrons. The summed E-state index contributed by atoms with van der Waals surface area (Å²) in [7, 11) is 0. The van der Waals surface area contributed by atoms with Crippen molar-refractivity contribution in [2.24, 2.45) is 0 Å². The molecule has 2 aromatic carbocycles. The molecule has 2 saturated heterocycles. The van der Waals surface area contributed by atoms with E-state index in [1.165, 1.54) is 10.0 Å². The van der Waals surface area contributed by atoms with Gasteiger partial charge in [-0.2, -0.15) is 0 Å². The maximum absolute atomic E-state index is 12.9. The highest BCUT2D eigenvalue weighted by atomic mass is 35.5. The molecule has 0 unspecified atom stereocenters. The lowest BCUT2D eigenvalue weighted by Gasteiger charge is -2.31. The Morgan fingerprint density at radius 2 is 1.48 bits per heavy atom. The third-order valence-corrected chi connectivity index (χ3v) is 5.57. The van der Waals surface area contributed by atoms with Gasteiger partial charge < -0.3 is 0 Å². The predicted octanol–water partition coefficient (Wildman–Crippen LogP) is 3.48. The summed E-state index contributed by atoms with van der Waals surface area (Å²) in [4.78, 5) is 24.2. The fourth-order valence-corrected chi connectivity index (χ4v) is 4.13. The van der Waals surface area contributed by atoms with E-state index in [4.69, 9.17) is 11.6 Å². The zero-order chi connectivity index (χ0) is 17.6. The van der Waals surface area contributed by atoms with Gasteiger partial charge in [0, 0.05) is 13.1 Å². The van der Waals surface area contributed by atoms with Gasteiger partial charge in [-0.15, -0.1) is 0 Å². The lowest BCUT2D eigenvalue weighted by atomic mass is 9.90. The molecule has 0 spiro atoms. The SMILES string of the molecule is Cc1cc(-c2ccccc2)ccc1C1(Cl)C(=O)N2CCCCN2C1=O. The Kier molecular flexibility index (Phi) is 3.80. The van der Waals surface area contributed by atoms with E-state index < -0.39 is 4.87 Å². The molecule has 25 heavy (non-hydrogen) atoms. The second-order valence-electron chi connectivity index (χ2n) is 6.62. The highest BCUT2D eigenvalue weighted by molar-refractivity contribution is 6.47. The first-order valence-electron chi connectivity index (χ1n) is 8.53. The van der Waals surface area contributed by atoms with E-state index in [-0.39, 0.29) is 11.8 Å². The van der Waals surface area contributed by atoms with Crippen molar-refractivity contribution in [1.82, 2.24) is 10.0 Å². The number of carbonyl (C=O) groups excluding carboxylic acids is 2. The largest absolute Gasteiger partial charge is 0.276 e. The van der Waals surface area contributed by atoms with Crippen LogP contribution in [-0.4, -0.2) is 34.9 Å². The zero-order valence-electron chi connectivity index (χ0n) is 14.0. The van der Waals surface area contributed by atoms with Gasteiger partial charge in [0.25, 0.3) is 11.8 Å². The van der Waals surface area contributed by atoms with Crippen LogP contribution in [0.2, 0.25) is 0 Å². The minimum absolute atomic E-state index is 0.325. The number of nitrogens with zero attached hydrogens (tertiary/aromatic N) is 2. The number of alkyl halides is 1.